The van der Waals surface area contributed by atoms with Gasteiger partial charge in [-0.2, -0.15) is 0 Å². The summed E-state index contributed by atoms with van der Waals surface area (Å²) in [5.41, 5.74) is 0.518. The van der Waals surface area contributed by atoms with E-state index in [-0.39, 0.29) is 5.82 Å². The van der Waals surface area contributed by atoms with Crippen LogP contribution in [-0.2, 0) is 0 Å². The zero-order chi connectivity index (χ0) is 12.3. The van der Waals surface area contributed by atoms with Crippen LogP contribution in [0.15, 0.2) is 42.6 Å². The number of hydrogen-bond donors (Lipinski definition) is 0. The molecule has 1 aromatic heterocycles. The Morgan fingerprint density at radius 2 is 2.00 bits per heavy atom. The van der Waals surface area contributed by atoms with Gasteiger partial charge in [0.25, 0.3) is 0 Å². The van der Waals surface area contributed by atoms with Crippen molar-refractivity contribution in [2.45, 2.75) is 6.92 Å². The van der Waals surface area contributed by atoms with Crippen molar-refractivity contribution in [1.82, 2.24) is 4.98 Å². The molecule has 0 N–H and O–H groups in total. The first-order valence-corrected chi connectivity index (χ1v) is 5.73. The Balaban J connectivity index is 2.40. The molecule has 0 saturated carbocycles. The molecular formula is C13H12ClFN2. The topological polar surface area (TPSA) is 16.1 Å². The molecule has 0 spiro atoms. The maximum Gasteiger partial charge on any atom is 0.146 e. The van der Waals surface area contributed by atoms with Gasteiger partial charge < -0.3 is 4.90 Å². The van der Waals surface area contributed by atoms with Gasteiger partial charge >= 0.3 is 0 Å². The predicted molar refractivity (Wildman–Crippen MR) is 68.3 cm³/mol. The summed E-state index contributed by atoms with van der Waals surface area (Å²) in [4.78, 5) is 5.99. The summed E-state index contributed by atoms with van der Waals surface area (Å²) in [5.74, 6) is 0.424. The van der Waals surface area contributed by atoms with Crippen LogP contribution in [0.1, 0.15) is 6.92 Å². The lowest BCUT2D eigenvalue weighted by molar-refractivity contribution is 0.625. The average Bonchev–Trinajstić information content (AvgIpc) is 2.35. The van der Waals surface area contributed by atoms with Crippen molar-refractivity contribution in [3.63, 3.8) is 0 Å². The van der Waals surface area contributed by atoms with Crippen molar-refractivity contribution in [3.8, 4) is 0 Å². The Kier molecular flexibility index (Phi) is 3.59. The van der Waals surface area contributed by atoms with Gasteiger partial charge in [-0.15, -0.1) is 0 Å². The summed E-state index contributed by atoms with van der Waals surface area (Å²) in [7, 11) is 0. The van der Waals surface area contributed by atoms with Gasteiger partial charge in [0.1, 0.15) is 11.6 Å². The maximum absolute atomic E-state index is 13.7. The average molecular weight is 251 g/mol. The van der Waals surface area contributed by atoms with Gasteiger partial charge in [0.05, 0.1) is 10.7 Å². The van der Waals surface area contributed by atoms with E-state index in [1.807, 2.05) is 6.92 Å². The molecule has 0 aliphatic carbocycles. The van der Waals surface area contributed by atoms with Gasteiger partial charge in [-0.05, 0) is 31.2 Å². The molecule has 0 atom stereocenters. The predicted octanol–water partition coefficient (Wildman–Crippen LogP) is 4.03. The first-order chi connectivity index (χ1) is 8.22. The number of nitrogens with zero attached hydrogens (tertiary/aromatic N) is 2. The SMILES string of the molecule is CCN(c1ccc(Cl)cn1)c1ccccc1F. The number of aromatic nitrogens is 1. The first-order valence-electron chi connectivity index (χ1n) is 5.36. The number of anilines is 2. The Morgan fingerprint density at radius 3 is 2.59 bits per heavy atom. The Labute approximate surface area is 105 Å². The van der Waals surface area contributed by atoms with Crippen molar-refractivity contribution in [2.75, 3.05) is 11.4 Å². The molecule has 1 aromatic carbocycles. The molecule has 0 saturated heterocycles. The Morgan fingerprint density at radius 1 is 1.24 bits per heavy atom. The molecule has 0 unspecified atom stereocenters. The smallest absolute Gasteiger partial charge is 0.146 e. The van der Waals surface area contributed by atoms with E-state index in [9.17, 15) is 4.39 Å². The zero-order valence-corrected chi connectivity index (χ0v) is 10.2. The number of halogens is 2. The van der Waals surface area contributed by atoms with Crippen LogP contribution in [0.4, 0.5) is 15.9 Å². The third-order valence-corrected chi connectivity index (χ3v) is 2.67. The van der Waals surface area contributed by atoms with E-state index in [0.717, 1.165) is 0 Å². The highest BCUT2D eigenvalue weighted by Gasteiger charge is 2.12. The molecule has 0 fully saturated rings. The summed E-state index contributed by atoms with van der Waals surface area (Å²) >= 11 is 5.78. The molecule has 1 heterocycles. The lowest BCUT2D eigenvalue weighted by atomic mass is 10.2. The standard InChI is InChI=1S/C13H12ClFN2/c1-2-17(12-6-4-3-5-11(12)15)13-8-7-10(14)9-16-13/h3-9H,2H2,1H3. The van der Waals surface area contributed by atoms with Gasteiger partial charge in [0.15, 0.2) is 0 Å². The normalized spacial score (nSPS) is 10.3. The van der Waals surface area contributed by atoms with Crippen LogP contribution >= 0.6 is 11.6 Å². The van der Waals surface area contributed by atoms with Gasteiger partial charge in [0, 0.05) is 12.7 Å². The van der Waals surface area contributed by atoms with Crippen LogP contribution in [0, 0.1) is 5.82 Å². The monoisotopic (exact) mass is 250 g/mol. The van der Waals surface area contributed by atoms with Crippen LogP contribution in [0.5, 0.6) is 0 Å². The number of pyridine rings is 1. The summed E-state index contributed by atoms with van der Waals surface area (Å²) in [5, 5.41) is 0.568. The minimum Gasteiger partial charge on any atom is -0.324 e. The highest BCUT2D eigenvalue weighted by atomic mass is 35.5. The second kappa shape index (κ2) is 5.15. The van der Waals surface area contributed by atoms with Crippen LogP contribution < -0.4 is 4.90 Å². The largest absolute Gasteiger partial charge is 0.324 e. The van der Waals surface area contributed by atoms with Crippen molar-refractivity contribution in [1.29, 1.82) is 0 Å². The second-order valence-electron chi connectivity index (χ2n) is 3.53. The third kappa shape index (κ3) is 2.56. The number of rotatable bonds is 3. The van der Waals surface area contributed by atoms with E-state index in [0.29, 0.717) is 23.1 Å². The van der Waals surface area contributed by atoms with Gasteiger partial charge in [-0.3, -0.25) is 0 Å². The van der Waals surface area contributed by atoms with E-state index >= 15 is 0 Å². The molecule has 0 radical (unpaired) electrons. The highest BCUT2D eigenvalue weighted by Crippen LogP contribution is 2.26. The lowest BCUT2D eigenvalue weighted by Crippen LogP contribution is -2.18. The molecule has 17 heavy (non-hydrogen) atoms. The molecular weight excluding hydrogens is 239 g/mol. The van der Waals surface area contributed by atoms with Crippen molar-refractivity contribution in [2.24, 2.45) is 0 Å². The fourth-order valence-electron chi connectivity index (χ4n) is 1.65. The third-order valence-electron chi connectivity index (χ3n) is 2.45. The van der Waals surface area contributed by atoms with Crippen LogP contribution in [0.25, 0.3) is 0 Å². The van der Waals surface area contributed by atoms with E-state index in [4.69, 9.17) is 11.6 Å². The molecule has 2 rings (SSSR count). The molecule has 0 amide bonds. The summed E-state index contributed by atoms with van der Waals surface area (Å²) < 4.78 is 13.7. The molecule has 4 heteroatoms. The Hall–Kier alpha value is -1.61. The van der Waals surface area contributed by atoms with Crippen LogP contribution in [0.2, 0.25) is 5.02 Å². The van der Waals surface area contributed by atoms with Crippen molar-refractivity contribution >= 4 is 23.1 Å². The van der Waals surface area contributed by atoms with Gasteiger partial charge in [-0.25, -0.2) is 9.37 Å². The highest BCUT2D eigenvalue weighted by molar-refractivity contribution is 6.30. The van der Waals surface area contributed by atoms with E-state index in [1.165, 1.54) is 6.07 Å². The molecule has 0 aliphatic rings. The van der Waals surface area contributed by atoms with Crippen LogP contribution in [-0.4, -0.2) is 11.5 Å². The molecule has 2 nitrogen and oxygen atoms in total. The Bertz CT molecular complexity index is 499. The van der Waals surface area contributed by atoms with Crippen molar-refractivity contribution < 1.29 is 4.39 Å². The number of para-hydroxylation sites is 1. The first kappa shape index (κ1) is 11.9. The van der Waals surface area contributed by atoms with Crippen LogP contribution in [0.3, 0.4) is 0 Å². The minimum atomic E-state index is -0.258. The number of hydrogen-bond acceptors (Lipinski definition) is 2. The summed E-state index contributed by atoms with van der Waals surface area (Å²) in [6.07, 6.45) is 1.56. The fourth-order valence-corrected chi connectivity index (χ4v) is 1.77. The molecule has 0 bridgehead atoms. The van der Waals surface area contributed by atoms with E-state index in [1.54, 1.807) is 41.4 Å². The minimum absolute atomic E-state index is 0.258. The zero-order valence-electron chi connectivity index (χ0n) is 9.40. The van der Waals surface area contributed by atoms with E-state index in [2.05, 4.69) is 4.98 Å². The number of benzene rings is 1. The summed E-state index contributed by atoms with van der Waals surface area (Å²) in [6, 6.07) is 10.2. The quantitative estimate of drug-likeness (QED) is 0.818. The molecule has 88 valence electrons. The maximum atomic E-state index is 13.7. The van der Waals surface area contributed by atoms with Gasteiger partial charge in [-0.1, -0.05) is 23.7 Å². The van der Waals surface area contributed by atoms with Gasteiger partial charge in [0.2, 0.25) is 0 Å². The molecule has 0 aliphatic heterocycles. The summed E-state index contributed by atoms with van der Waals surface area (Å²) in [6.45, 7) is 2.58. The second-order valence-corrected chi connectivity index (χ2v) is 3.97. The molecule has 2 aromatic rings. The van der Waals surface area contributed by atoms with E-state index < -0.39 is 0 Å². The fraction of sp³-hybridized carbons (Fsp3) is 0.154. The van der Waals surface area contributed by atoms with Crippen molar-refractivity contribution in [3.05, 3.63) is 53.4 Å². The lowest BCUT2D eigenvalue weighted by Gasteiger charge is -2.22.